The van der Waals surface area contributed by atoms with Crippen molar-refractivity contribution < 1.29 is 4.74 Å². The molecule has 0 spiro atoms. The van der Waals surface area contributed by atoms with Gasteiger partial charge < -0.3 is 10.1 Å². The third-order valence-electron chi connectivity index (χ3n) is 4.59. The SMILES string of the molecule is c1ccc(C(NC2CCOc3ccccc32)C2CC2)cc1. The van der Waals surface area contributed by atoms with E-state index in [1.807, 2.05) is 0 Å². The summed E-state index contributed by atoms with van der Waals surface area (Å²) in [4.78, 5) is 0. The molecule has 0 radical (unpaired) electrons. The number of rotatable bonds is 4. The van der Waals surface area contributed by atoms with Crippen LogP contribution in [-0.2, 0) is 0 Å². The van der Waals surface area contributed by atoms with Gasteiger partial charge in [-0.05, 0) is 30.4 Å². The zero-order valence-corrected chi connectivity index (χ0v) is 12.2. The Bertz CT molecular complexity index is 606. The average molecular weight is 279 g/mol. The molecule has 1 heterocycles. The highest BCUT2D eigenvalue weighted by Gasteiger charge is 2.34. The first-order valence-corrected chi connectivity index (χ1v) is 7.94. The van der Waals surface area contributed by atoms with Crippen LogP contribution < -0.4 is 10.1 Å². The maximum Gasteiger partial charge on any atom is 0.124 e. The molecule has 2 aromatic carbocycles. The highest BCUT2D eigenvalue weighted by molar-refractivity contribution is 5.37. The van der Waals surface area contributed by atoms with Crippen LogP contribution >= 0.6 is 0 Å². The van der Waals surface area contributed by atoms with Gasteiger partial charge in [0.1, 0.15) is 5.75 Å². The van der Waals surface area contributed by atoms with E-state index in [0.29, 0.717) is 12.1 Å². The Hall–Kier alpha value is -1.80. The van der Waals surface area contributed by atoms with E-state index in [1.54, 1.807) is 0 Å². The zero-order chi connectivity index (χ0) is 14.1. The molecule has 2 nitrogen and oxygen atoms in total. The van der Waals surface area contributed by atoms with E-state index >= 15 is 0 Å². The summed E-state index contributed by atoms with van der Waals surface area (Å²) in [5.74, 6) is 1.84. The van der Waals surface area contributed by atoms with Crippen LogP contribution in [0.5, 0.6) is 5.75 Å². The zero-order valence-electron chi connectivity index (χ0n) is 12.2. The maximum atomic E-state index is 5.78. The standard InChI is InChI=1S/C19H21NO/c1-2-6-14(7-3-1)19(15-10-11-15)20-17-12-13-21-18-9-5-4-8-16(17)18/h1-9,15,17,19-20H,10-13H2. The highest BCUT2D eigenvalue weighted by atomic mass is 16.5. The monoisotopic (exact) mass is 279 g/mol. The van der Waals surface area contributed by atoms with Crippen LogP contribution in [0, 0.1) is 5.92 Å². The van der Waals surface area contributed by atoms with Crippen LogP contribution in [0.15, 0.2) is 54.6 Å². The van der Waals surface area contributed by atoms with Crippen molar-refractivity contribution in [2.24, 2.45) is 5.92 Å². The minimum Gasteiger partial charge on any atom is -0.493 e. The van der Waals surface area contributed by atoms with Crippen LogP contribution in [0.2, 0.25) is 0 Å². The van der Waals surface area contributed by atoms with Crippen LogP contribution in [-0.4, -0.2) is 6.61 Å². The second-order valence-corrected chi connectivity index (χ2v) is 6.12. The molecule has 1 aliphatic carbocycles. The van der Waals surface area contributed by atoms with E-state index in [-0.39, 0.29) is 0 Å². The summed E-state index contributed by atoms with van der Waals surface area (Å²) in [6.45, 7) is 0.806. The van der Waals surface area contributed by atoms with Gasteiger partial charge >= 0.3 is 0 Å². The second-order valence-electron chi connectivity index (χ2n) is 6.12. The van der Waals surface area contributed by atoms with Gasteiger partial charge in [-0.1, -0.05) is 48.5 Å². The Morgan fingerprint density at radius 2 is 1.67 bits per heavy atom. The molecular weight excluding hydrogens is 258 g/mol. The van der Waals surface area contributed by atoms with E-state index in [9.17, 15) is 0 Å². The Morgan fingerprint density at radius 1 is 0.905 bits per heavy atom. The molecule has 1 aliphatic heterocycles. The number of hydrogen-bond donors (Lipinski definition) is 1. The molecule has 2 unspecified atom stereocenters. The molecule has 2 aromatic rings. The summed E-state index contributed by atoms with van der Waals surface area (Å²) in [5.41, 5.74) is 2.73. The number of hydrogen-bond acceptors (Lipinski definition) is 2. The maximum absolute atomic E-state index is 5.78. The third kappa shape index (κ3) is 2.68. The van der Waals surface area contributed by atoms with Gasteiger partial charge in [-0.15, -0.1) is 0 Å². The quantitative estimate of drug-likeness (QED) is 0.903. The van der Waals surface area contributed by atoms with E-state index in [4.69, 9.17) is 4.74 Å². The molecule has 0 amide bonds. The van der Waals surface area contributed by atoms with Gasteiger partial charge in [0.15, 0.2) is 0 Å². The Morgan fingerprint density at radius 3 is 2.48 bits per heavy atom. The van der Waals surface area contributed by atoms with Gasteiger partial charge in [-0.25, -0.2) is 0 Å². The highest BCUT2D eigenvalue weighted by Crippen LogP contribution is 2.43. The van der Waals surface area contributed by atoms with E-state index in [0.717, 1.165) is 24.7 Å². The molecule has 0 bridgehead atoms. The molecule has 1 saturated carbocycles. The fourth-order valence-electron chi connectivity index (χ4n) is 3.33. The number of fused-ring (bicyclic) bond motifs is 1. The van der Waals surface area contributed by atoms with Crippen molar-refractivity contribution in [2.75, 3.05) is 6.61 Å². The number of benzene rings is 2. The van der Waals surface area contributed by atoms with Crippen molar-refractivity contribution in [3.8, 4) is 5.75 Å². The molecule has 2 atom stereocenters. The van der Waals surface area contributed by atoms with Crippen molar-refractivity contribution in [3.63, 3.8) is 0 Å². The van der Waals surface area contributed by atoms with Crippen molar-refractivity contribution in [1.82, 2.24) is 5.32 Å². The largest absolute Gasteiger partial charge is 0.493 e. The summed E-state index contributed by atoms with van der Waals surface area (Å²) < 4.78 is 5.78. The van der Waals surface area contributed by atoms with Gasteiger partial charge in [0.25, 0.3) is 0 Å². The number of ether oxygens (including phenoxy) is 1. The molecular formula is C19H21NO. The first kappa shape index (κ1) is 12.9. The summed E-state index contributed by atoms with van der Waals surface area (Å²) >= 11 is 0. The van der Waals surface area contributed by atoms with Crippen LogP contribution in [0.4, 0.5) is 0 Å². The van der Waals surface area contributed by atoms with Crippen LogP contribution in [0.3, 0.4) is 0 Å². The summed E-state index contributed by atoms with van der Waals surface area (Å²) in [5, 5.41) is 3.91. The van der Waals surface area contributed by atoms with Crippen molar-refractivity contribution in [3.05, 3.63) is 65.7 Å². The first-order chi connectivity index (χ1) is 10.4. The van der Waals surface area contributed by atoms with Crippen molar-refractivity contribution in [1.29, 1.82) is 0 Å². The minimum absolute atomic E-state index is 0.403. The molecule has 0 aromatic heterocycles. The lowest BCUT2D eigenvalue weighted by Gasteiger charge is -2.31. The summed E-state index contributed by atoms with van der Waals surface area (Å²) in [6.07, 6.45) is 3.74. The lowest BCUT2D eigenvalue weighted by molar-refractivity contribution is 0.240. The molecule has 4 rings (SSSR count). The molecule has 1 fully saturated rings. The molecule has 2 heteroatoms. The Kier molecular flexibility index (Phi) is 3.40. The fraction of sp³-hybridized carbons (Fsp3) is 0.368. The fourth-order valence-corrected chi connectivity index (χ4v) is 3.33. The van der Waals surface area contributed by atoms with Gasteiger partial charge in [-0.2, -0.15) is 0 Å². The number of para-hydroxylation sites is 1. The molecule has 1 N–H and O–H groups in total. The topological polar surface area (TPSA) is 21.3 Å². The minimum atomic E-state index is 0.403. The van der Waals surface area contributed by atoms with E-state index < -0.39 is 0 Å². The molecule has 108 valence electrons. The smallest absolute Gasteiger partial charge is 0.124 e. The van der Waals surface area contributed by atoms with Crippen LogP contribution in [0.25, 0.3) is 0 Å². The summed E-state index contributed by atoms with van der Waals surface area (Å²) in [6, 6.07) is 20.2. The Labute approximate surface area is 126 Å². The Balaban J connectivity index is 1.60. The lowest BCUT2D eigenvalue weighted by atomic mass is 9.96. The second kappa shape index (κ2) is 5.53. The number of nitrogens with one attached hydrogen (secondary N) is 1. The predicted octanol–water partition coefficient (Wildman–Crippen LogP) is 4.25. The van der Waals surface area contributed by atoms with Crippen molar-refractivity contribution >= 4 is 0 Å². The van der Waals surface area contributed by atoms with E-state index in [1.165, 1.54) is 24.0 Å². The molecule has 21 heavy (non-hydrogen) atoms. The van der Waals surface area contributed by atoms with Gasteiger partial charge in [-0.3, -0.25) is 0 Å². The average Bonchev–Trinajstić information content (AvgIpc) is 3.38. The lowest BCUT2D eigenvalue weighted by Crippen LogP contribution is -2.31. The third-order valence-corrected chi connectivity index (χ3v) is 4.59. The normalized spacial score (nSPS) is 22.2. The molecule has 2 aliphatic rings. The van der Waals surface area contributed by atoms with Gasteiger partial charge in [0, 0.05) is 24.1 Å². The van der Waals surface area contributed by atoms with Crippen LogP contribution in [0.1, 0.15) is 42.5 Å². The summed E-state index contributed by atoms with van der Waals surface area (Å²) in [7, 11) is 0. The van der Waals surface area contributed by atoms with Gasteiger partial charge in [0.05, 0.1) is 6.61 Å². The van der Waals surface area contributed by atoms with Crippen molar-refractivity contribution in [2.45, 2.75) is 31.3 Å². The first-order valence-electron chi connectivity index (χ1n) is 7.94. The predicted molar refractivity (Wildman–Crippen MR) is 84.3 cm³/mol. The molecule has 0 saturated heterocycles. The van der Waals surface area contributed by atoms with E-state index in [2.05, 4.69) is 59.9 Å². The van der Waals surface area contributed by atoms with Gasteiger partial charge in [0.2, 0.25) is 0 Å².